The molecule has 0 saturated heterocycles. The fourth-order valence-electron chi connectivity index (χ4n) is 1.71. The van der Waals surface area contributed by atoms with E-state index in [1.54, 1.807) is 12.1 Å². The number of rotatable bonds is 7. The molecule has 1 atom stereocenters. The number of aliphatic hydroxyl groups is 1. The molecule has 0 saturated carbocycles. The van der Waals surface area contributed by atoms with Crippen molar-refractivity contribution >= 4 is 23.6 Å². The molecule has 0 radical (unpaired) electrons. The maximum absolute atomic E-state index is 10.3. The summed E-state index contributed by atoms with van der Waals surface area (Å²) in [5.41, 5.74) is 0.418. The van der Waals surface area contributed by atoms with Crippen LogP contribution in [0.5, 0.6) is 0 Å². The van der Waals surface area contributed by atoms with Gasteiger partial charge in [-0.2, -0.15) is 0 Å². The highest BCUT2D eigenvalue weighted by Crippen LogP contribution is 2.26. The topological polar surface area (TPSA) is 52.5 Å². The van der Waals surface area contributed by atoms with Gasteiger partial charge in [0, 0.05) is 16.3 Å². The highest BCUT2D eigenvalue weighted by Gasteiger charge is 2.28. The first-order chi connectivity index (χ1) is 8.47. The summed E-state index contributed by atoms with van der Waals surface area (Å²) >= 11 is 6.67. The Labute approximate surface area is 118 Å². The second kappa shape index (κ2) is 7.36. The van der Waals surface area contributed by atoms with Gasteiger partial charge < -0.3 is 15.0 Å². The number of hydrogen-bond acceptors (Lipinski definition) is 4. The summed E-state index contributed by atoms with van der Waals surface area (Å²) in [6, 6.07) is 7.22. The zero-order chi connectivity index (χ0) is 13.6. The minimum atomic E-state index is -0.600. The Bertz CT molecular complexity index is 357. The van der Waals surface area contributed by atoms with Gasteiger partial charge in [-0.05, 0) is 56.6 Å². The van der Waals surface area contributed by atoms with Crippen LogP contribution < -0.4 is 5.32 Å². The Balaban J connectivity index is 2.57. The predicted octanol–water partition coefficient (Wildman–Crippen LogP) is 3.34. The quantitative estimate of drug-likeness (QED) is 0.532. The molecule has 0 aliphatic carbocycles. The first-order valence-electron chi connectivity index (χ1n) is 5.92. The first kappa shape index (κ1) is 15.8. The van der Waals surface area contributed by atoms with Crippen LogP contribution >= 0.6 is 23.6 Å². The van der Waals surface area contributed by atoms with Crippen molar-refractivity contribution in [3.63, 3.8) is 0 Å². The van der Waals surface area contributed by atoms with E-state index in [0.717, 1.165) is 30.6 Å². The highest BCUT2D eigenvalue weighted by molar-refractivity contribution is 7.93. The predicted molar refractivity (Wildman–Crippen MR) is 78.2 cm³/mol. The minimum Gasteiger partial charge on any atom is -0.387 e. The monoisotopic (exact) mass is 289 g/mol. The van der Waals surface area contributed by atoms with E-state index in [1.165, 1.54) is 0 Å². The summed E-state index contributed by atoms with van der Waals surface area (Å²) < 4.78 is 8.64. The first-order valence-corrected chi connectivity index (χ1v) is 7.24. The normalized spacial score (nSPS) is 13.6. The molecule has 3 N–H and O–H groups in total. The second-order valence-electron chi connectivity index (χ2n) is 4.79. The van der Waals surface area contributed by atoms with Gasteiger partial charge in [-0.15, -0.1) is 0 Å². The van der Waals surface area contributed by atoms with Gasteiger partial charge in [0.25, 0.3) is 0 Å². The maximum atomic E-state index is 10.3. The number of nitrogens with one attached hydrogen (secondary N) is 1. The molecule has 3 nitrogen and oxygen atoms in total. The third-order valence-electron chi connectivity index (χ3n) is 2.86. The molecule has 0 aromatic heterocycles. The molecule has 0 fully saturated rings. The molecule has 1 aromatic rings. The smallest absolute Gasteiger partial charge is 0.0966 e. The van der Waals surface area contributed by atoms with Crippen LogP contribution in [0, 0.1) is 0 Å². The Morgan fingerprint density at radius 2 is 1.94 bits per heavy atom. The molecule has 1 aromatic carbocycles. The van der Waals surface area contributed by atoms with Crippen molar-refractivity contribution in [2.45, 2.75) is 31.9 Å². The minimum absolute atomic E-state index is 0.423. The van der Waals surface area contributed by atoms with E-state index in [9.17, 15) is 5.11 Å². The van der Waals surface area contributed by atoms with Crippen LogP contribution in [0.25, 0.3) is 0 Å². The zero-order valence-corrected chi connectivity index (χ0v) is 12.3. The molecular weight excluding hydrogens is 270 g/mol. The molecule has 0 aliphatic heterocycles. The number of halogens is 1. The van der Waals surface area contributed by atoms with Crippen LogP contribution in [0.2, 0.25) is 5.02 Å². The van der Waals surface area contributed by atoms with E-state index in [1.807, 2.05) is 26.0 Å². The van der Waals surface area contributed by atoms with Crippen molar-refractivity contribution in [3.05, 3.63) is 34.9 Å². The highest BCUT2D eigenvalue weighted by atomic mass is 35.5. The molecule has 5 heteroatoms. The van der Waals surface area contributed by atoms with Gasteiger partial charge in [0.1, 0.15) is 0 Å². The van der Waals surface area contributed by atoms with E-state index >= 15 is 0 Å². The Morgan fingerprint density at radius 1 is 1.33 bits per heavy atom. The van der Waals surface area contributed by atoms with Crippen LogP contribution in [-0.2, 0) is 0 Å². The molecule has 1 unspecified atom stereocenters. The molecule has 18 heavy (non-hydrogen) atoms. The van der Waals surface area contributed by atoms with Crippen LogP contribution in [0.15, 0.2) is 24.3 Å². The molecule has 1 rings (SSSR count). The number of benzene rings is 1. The molecule has 0 aliphatic rings. The van der Waals surface area contributed by atoms with E-state index in [0.29, 0.717) is 10.8 Å². The lowest BCUT2D eigenvalue weighted by molar-refractivity contribution is 0.0806. The van der Waals surface area contributed by atoms with E-state index in [-0.39, 0.29) is 0 Å². The van der Waals surface area contributed by atoms with Gasteiger partial charge in [0.05, 0.1) is 6.10 Å². The van der Waals surface area contributed by atoms with Crippen LogP contribution in [0.4, 0.5) is 0 Å². The lowest BCUT2D eigenvalue weighted by atomic mass is 9.91. The summed E-state index contributed by atoms with van der Waals surface area (Å²) in [4.78, 5) is 0. The average Bonchev–Trinajstić information content (AvgIpc) is 2.35. The van der Waals surface area contributed by atoms with Gasteiger partial charge in [-0.1, -0.05) is 23.7 Å². The van der Waals surface area contributed by atoms with Crippen LogP contribution in [-0.4, -0.2) is 27.5 Å². The van der Waals surface area contributed by atoms with Gasteiger partial charge in [-0.3, -0.25) is 0 Å². The molecule has 0 spiro atoms. The standard InChI is InChI=1S/C13H20ClNO2S/c1-13(2,15-8-3-9-18-17)12(16)10-4-6-11(14)7-5-10/h4-7,12,15-17H,3,8-9H2,1-2H3. The summed E-state index contributed by atoms with van der Waals surface area (Å²) in [6.45, 7) is 4.67. The molecule has 102 valence electrons. The van der Waals surface area contributed by atoms with Gasteiger partial charge >= 0.3 is 0 Å². The second-order valence-corrected chi connectivity index (χ2v) is 5.89. The molecular formula is C13H20ClNO2S. The van der Waals surface area contributed by atoms with Crippen LogP contribution in [0.3, 0.4) is 0 Å². The Morgan fingerprint density at radius 3 is 2.50 bits per heavy atom. The molecule has 0 amide bonds. The van der Waals surface area contributed by atoms with Crippen molar-refractivity contribution in [1.29, 1.82) is 0 Å². The van der Waals surface area contributed by atoms with Crippen LogP contribution in [0.1, 0.15) is 31.9 Å². The van der Waals surface area contributed by atoms with E-state index in [2.05, 4.69) is 5.32 Å². The zero-order valence-electron chi connectivity index (χ0n) is 10.7. The van der Waals surface area contributed by atoms with E-state index in [4.69, 9.17) is 16.2 Å². The maximum Gasteiger partial charge on any atom is 0.0966 e. The van der Waals surface area contributed by atoms with E-state index < -0.39 is 11.6 Å². The number of aliphatic hydroxyl groups excluding tert-OH is 1. The van der Waals surface area contributed by atoms with Crippen molar-refractivity contribution in [2.24, 2.45) is 0 Å². The third-order valence-corrected chi connectivity index (χ3v) is 3.59. The van der Waals surface area contributed by atoms with Gasteiger partial charge in [0.2, 0.25) is 0 Å². The van der Waals surface area contributed by atoms with Crippen molar-refractivity contribution in [2.75, 3.05) is 12.3 Å². The van der Waals surface area contributed by atoms with Gasteiger partial charge in [-0.25, -0.2) is 0 Å². The number of hydrogen-bond donors (Lipinski definition) is 3. The van der Waals surface area contributed by atoms with Crippen molar-refractivity contribution in [1.82, 2.24) is 5.32 Å². The summed E-state index contributed by atoms with van der Waals surface area (Å²) in [7, 11) is 0. The average molecular weight is 290 g/mol. The lowest BCUT2D eigenvalue weighted by Crippen LogP contribution is -2.45. The molecule has 0 bridgehead atoms. The Hall–Kier alpha value is -0.260. The van der Waals surface area contributed by atoms with Crippen molar-refractivity contribution < 1.29 is 9.66 Å². The SMILES string of the molecule is CC(C)(NCCCSO)C(O)c1ccc(Cl)cc1. The summed E-state index contributed by atoms with van der Waals surface area (Å²) in [5, 5.41) is 14.3. The lowest BCUT2D eigenvalue weighted by Gasteiger charge is -2.32. The summed E-state index contributed by atoms with van der Waals surface area (Å²) in [5.74, 6) is 0.695. The fraction of sp³-hybridized carbons (Fsp3) is 0.538. The largest absolute Gasteiger partial charge is 0.387 e. The third kappa shape index (κ3) is 4.78. The van der Waals surface area contributed by atoms with Crippen molar-refractivity contribution in [3.8, 4) is 0 Å². The summed E-state index contributed by atoms with van der Waals surface area (Å²) in [6.07, 6.45) is 0.259. The fourth-order valence-corrected chi connectivity index (χ4v) is 2.11. The Kier molecular flexibility index (Phi) is 6.46. The van der Waals surface area contributed by atoms with Gasteiger partial charge in [0.15, 0.2) is 0 Å². The molecule has 0 heterocycles.